The molecule has 0 bridgehead atoms. The Morgan fingerprint density at radius 2 is 1.88 bits per heavy atom. The van der Waals surface area contributed by atoms with Gasteiger partial charge in [-0.25, -0.2) is 4.98 Å². The van der Waals surface area contributed by atoms with E-state index < -0.39 is 0 Å². The normalized spacial score (nSPS) is 10.9. The molecule has 0 aliphatic carbocycles. The molecule has 0 aliphatic rings. The summed E-state index contributed by atoms with van der Waals surface area (Å²) < 4.78 is 7.52. The number of aryl methyl sites for hydroxylation is 1. The van der Waals surface area contributed by atoms with Crippen LogP contribution in [-0.4, -0.2) is 25.7 Å². The monoisotopic (exact) mass is 473 g/mol. The van der Waals surface area contributed by atoms with Gasteiger partial charge in [0, 0.05) is 16.8 Å². The van der Waals surface area contributed by atoms with Crippen LogP contribution in [-0.2, 0) is 5.75 Å². The fourth-order valence-electron chi connectivity index (χ4n) is 3.18. The summed E-state index contributed by atoms with van der Waals surface area (Å²) >= 11 is 2.96. The van der Waals surface area contributed by atoms with E-state index in [1.165, 1.54) is 23.1 Å². The highest BCUT2D eigenvalue weighted by Gasteiger charge is 2.19. The van der Waals surface area contributed by atoms with Crippen LogP contribution >= 0.6 is 23.1 Å². The number of benzene rings is 2. The Morgan fingerprint density at radius 3 is 2.64 bits per heavy atom. The van der Waals surface area contributed by atoms with Crippen molar-refractivity contribution in [2.45, 2.75) is 17.8 Å². The number of furan rings is 1. The Kier molecular flexibility index (Phi) is 6.05. The number of anilines is 1. The van der Waals surface area contributed by atoms with Gasteiger partial charge in [-0.3, -0.25) is 9.36 Å². The Labute approximate surface area is 198 Å². The molecular weight excluding hydrogens is 454 g/mol. The lowest BCUT2D eigenvalue weighted by Gasteiger charge is -2.08. The minimum absolute atomic E-state index is 0.223. The smallest absolute Gasteiger partial charge is 0.275 e. The fourth-order valence-corrected chi connectivity index (χ4v) is 4.92. The average molecular weight is 474 g/mol. The highest BCUT2D eigenvalue weighted by Crippen LogP contribution is 2.30. The van der Waals surface area contributed by atoms with E-state index >= 15 is 0 Å². The molecule has 0 spiro atoms. The predicted molar refractivity (Wildman–Crippen MR) is 130 cm³/mol. The van der Waals surface area contributed by atoms with Gasteiger partial charge in [0.15, 0.2) is 10.9 Å². The summed E-state index contributed by atoms with van der Waals surface area (Å²) in [5.74, 6) is 1.61. The first-order valence-corrected chi connectivity index (χ1v) is 12.0. The van der Waals surface area contributed by atoms with Gasteiger partial charge in [-0.1, -0.05) is 47.7 Å². The maximum atomic E-state index is 12.5. The summed E-state index contributed by atoms with van der Waals surface area (Å²) in [6.07, 6.45) is 1.62. The lowest BCUT2D eigenvalue weighted by Crippen LogP contribution is -2.12. The number of amides is 1. The van der Waals surface area contributed by atoms with Crippen molar-refractivity contribution in [3.8, 4) is 17.3 Å². The van der Waals surface area contributed by atoms with Crippen LogP contribution in [0, 0.1) is 6.92 Å². The summed E-state index contributed by atoms with van der Waals surface area (Å²) in [6.45, 7) is 2.01. The van der Waals surface area contributed by atoms with Crippen LogP contribution < -0.4 is 5.32 Å². The molecule has 5 rings (SSSR count). The number of nitrogens with one attached hydrogen (secondary N) is 1. The molecule has 0 saturated heterocycles. The molecule has 0 unspecified atom stereocenters. The number of hydrogen-bond acceptors (Lipinski definition) is 7. The Bertz CT molecular complexity index is 1360. The van der Waals surface area contributed by atoms with E-state index in [0.29, 0.717) is 28.2 Å². The van der Waals surface area contributed by atoms with Gasteiger partial charge < -0.3 is 9.73 Å². The number of aromatic nitrogens is 4. The van der Waals surface area contributed by atoms with Crippen molar-refractivity contribution in [3.63, 3.8) is 0 Å². The second-order valence-corrected chi connectivity index (χ2v) is 9.07. The maximum Gasteiger partial charge on any atom is 0.275 e. The zero-order valence-electron chi connectivity index (χ0n) is 17.6. The molecule has 33 heavy (non-hydrogen) atoms. The summed E-state index contributed by atoms with van der Waals surface area (Å²) in [6, 6.07) is 21.2. The largest absolute Gasteiger partial charge is 0.461 e. The van der Waals surface area contributed by atoms with E-state index in [1.807, 2.05) is 78.2 Å². The van der Waals surface area contributed by atoms with Crippen LogP contribution in [0.15, 0.2) is 87.9 Å². The van der Waals surface area contributed by atoms with Crippen LogP contribution in [0.2, 0.25) is 0 Å². The van der Waals surface area contributed by atoms with Crippen molar-refractivity contribution in [1.29, 1.82) is 0 Å². The van der Waals surface area contributed by atoms with Gasteiger partial charge in [-0.05, 0) is 43.3 Å². The van der Waals surface area contributed by atoms with Crippen molar-refractivity contribution in [1.82, 2.24) is 19.7 Å². The first kappa shape index (κ1) is 21.2. The molecule has 0 fully saturated rings. The molecule has 2 aromatic carbocycles. The highest BCUT2D eigenvalue weighted by atomic mass is 32.2. The van der Waals surface area contributed by atoms with Gasteiger partial charge >= 0.3 is 0 Å². The van der Waals surface area contributed by atoms with Crippen LogP contribution in [0.4, 0.5) is 5.69 Å². The Morgan fingerprint density at radius 1 is 1.06 bits per heavy atom. The first-order chi connectivity index (χ1) is 16.2. The molecule has 1 N–H and O–H groups in total. The van der Waals surface area contributed by atoms with Gasteiger partial charge in [0.2, 0.25) is 5.82 Å². The molecule has 3 heterocycles. The van der Waals surface area contributed by atoms with Crippen molar-refractivity contribution in [2.75, 3.05) is 5.32 Å². The first-order valence-electron chi connectivity index (χ1n) is 10.2. The van der Waals surface area contributed by atoms with Crippen molar-refractivity contribution in [2.24, 2.45) is 0 Å². The number of carbonyl (C=O) groups excluding carboxylic acids is 1. The van der Waals surface area contributed by atoms with Crippen LogP contribution in [0.25, 0.3) is 17.3 Å². The number of thioether (sulfide) groups is 1. The van der Waals surface area contributed by atoms with Gasteiger partial charge in [-0.15, -0.1) is 21.5 Å². The topological polar surface area (TPSA) is 85.8 Å². The lowest BCUT2D eigenvalue weighted by atomic mass is 10.2. The summed E-state index contributed by atoms with van der Waals surface area (Å²) in [7, 11) is 0. The third-order valence-corrected chi connectivity index (χ3v) is 6.78. The molecule has 5 aromatic rings. The van der Waals surface area contributed by atoms with Crippen molar-refractivity contribution in [3.05, 3.63) is 94.6 Å². The molecule has 9 heteroatoms. The maximum absolute atomic E-state index is 12.5. The SMILES string of the molecule is Cc1ccc(NC(=O)c2csc(CSc3nnc(-c4ccco4)n3-c3ccccc3)n2)cc1. The third kappa shape index (κ3) is 4.74. The molecule has 0 saturated carbocycles. The molecular formula is C24H19N5O2S2. The number of thiazole rings is 1. The average Bonchev–Trinajstić information content (AvgIpc) is 3.60. The van der Waals surface area contributed by atoms with E-state index in [0.717, 1.165) is 21.9 Å². The quantitative estimate of drug-likeness (QED) is 0.299. The van der Waals surface area contributed by atoms with Crippen molar-refractivity contribution < 1.29 is 9.21 Å². The third-order valence-electron chi connectivity index (χ3n) is 4.81. The van der Waals surface area contributed by atoms with E-state index in [4.69, 9.17) is 4.42 Å². The Hall–Kier alpha value is -3.69. The molecule has 1 amide bonds. The number of nitrogens with zero attached hydrogens (tertiary/aromatic N) is 4. The summed E-state index contributed by atoms with van der Waals surface area (Å²) in [4.78, 5) is 17.1. The minimum Gasteiger partial charge on any atom is -0.461 e. The van der Waals surface area contributed by atoms with E-state index in [1.54, 1.807) is 11.6 Å². The number of carbonyl (C=O) groups is 1. The lowest BCUT2D eigenvalue weighted by molar-refractivity contribution is 0.102. The molecule has 0 atom stereocenters. The summed E-state index contributed by atoms with van der Waals surface area (Å²) in [5.41, 5.74) is 3.22. The van der Waals surface area contributed by atoms with Gasteiger partial charge in [0.05, 0.1) is 12.0 Å². The zero-order valence-corrected chi connectivity index (χ0v) is 19.3. The second kappa shape index (κ2) is 9.43. The van der Waals surface area contributed by atoms with Crippen LogP contribution in [0.1, 0.15) is 21.1 Å². The molecule has 7 nitrogen and oxygen atoms in total. The van der Waals surface area contributed by atoms with Gasteiger partial charge in [0.1, 0.15) is 10.7 Å². The highest BCUT2D eigenvalue weighted by molar-refractivity contribution is 7.98. The van der Waals surface area contributed by atoms with E-state index in [-0.39, 0.29) is 5.91 Å². The molecule has 0 aliphatic heterocycles. The Balaban J connectivity index is 1.33. The standard InChI is InChI=1S/C24H19N5O2S2/c1-16-9-11-17(12-10-16)25-23(30)19-14-32-21(26-19)15-33-24-28-27-22(20-8-5-13-31-20)29(24)18-6-3-2-4-7-18/h2-14H,15H2,1H3,(H,25,30). The van der Waals surface area contributed by atoms with Crippen LogP contribution in [0.5, 0.6) is 0 Å². The fraction of sp³-hybridized carbons (Fsp3) is 0.0833. The van der Waals surface area contributed by atoms with Crippen LogP contribution in [0.3, 0.4) is 0 Å². The number of para-hydroxylation sites is 1. The molecule has 164 valence electrons. The van der Waals surface area contributed by atoms with Gasteiger partial charge in [-0.2, -0.15) is 0 Å². The molecule has 3 aromatic heterocycles. The zero-order chi connectivity index (χ0) is 22.6. The number of rotatable bonds is 7. The van der Waals surface area contributed by atoms with Gasteiger partial charge in [0.25, 0.3) is 5.91 Å². The molecule has 0 radical (unpaired) electrons. The van der Waals surface area contributed by atoms with Crippen molar-refractivity contribution >= 4 is 34.7 Å². The number of hydrogen-bond donors (Lipinski definition) is 1. The summed E-state index contributed by atoms with van der Waals surface area (Å²) in [5, 5.41) is 14.9. The van der Waals surface area contributed by atoms with E-state index in [9.17, 15) is 4.79 Å². The van der Waals surface area contributed by atoms with E-state index in [2.05, 4.69) is 20.5 Å². The minimum atomic E-state index is -0.223. The predicted octanol–water partition coefficient (Wildman–Crippen LogP) is 5.84. The second-order valence-electron chi connectivity index (χ2n) is 7.19.